The lowest BCUT2D eigenvalue weighted by atomic mass is 10.0. The van der Waals surface area contributed by atoms with Crippen molar-refractivity contribution in [2.24, 2.45) is 5.92 Å². The average molecular weight is 695 g/mol. The summed E-state index contributed by atoms with van der Waals surface area (Å²) in [7, 11) is 0. The van der Waals surface area contributed by atoms with E-state index in [1.807, 2.05) is 6.08 Å². The summed E-state index contributed by atoms with van der Waals surface area (Å²) in [5.41, 5.74) is -2.31. The van der Waals surface area contributed by atoms with Crippen LogP contribution in [0.4, 0.5) is 23.2 Å². The van der Waals surface area contributed by atoms with Gasteiger partial charge in [0.15, 0.2) is 0 Å². The third-order valence-electron chi connectivity index (χ3n) is 8.79. The zero-order chi connectivity index (χ0) is 33.5. The van der Waals surface area contributed by atoms with Crippen LogP contribution < -0.4 is 15.4 Å². The number of ether oxygens (including phenoxy) is 1. The summed E-state index contributed by atoms with van der Waals surface area (Å²) < 4.78 is 61.6. The fourth-order valence-corrected chi connectivity index (χ4v) is 7.41. The summed E-state index contributed by atoms with van der Waals surface area (Å²) in [6, 6.07) is 4.88. The molecular weight excluding hydrogens is 664 g/mol. The van der Waals surface area contributed by atoms with Crippen LogP contribution in [0.5, 0.6) is 5.19 Å². The van der Waals surface area contributed by atoms with E-state index in [1.54, 1.807) is 24.3 Å². The maximum Gasteiger partial charge on any atom is 0.416 e. The number of fused-ring (bicyclic) bond motifs is 3. The van der Waals surface area contributed by atoms with Crippen molar-refractivity contribution in [3.63, 3.8) is 0 Å². The van der Waals surface area contributed by atoms with Gasteiger partial charge in [-0.15, -0.1) is 0 Å². The number of carbonyl (C=O) groups is 3. The number of aromatic nitrogens is 1. The lowest BCUT2D eigenvalue weighted by Crippen LogP contribution is -2.55. The van der Waals surface area contributed by atoms with E-state index < -0.39 is 65.0 Å². The first-order chi connectivity index (χ1) is 22.3. The van der Waals surface area contributed by atoms with Crippen molar-refractivity contribution < 1.29 is 41.8 Å². The quantitative estimate of drug-likeness (QED) is 0.208. The molecule has 6 rings (SSSR count). The molecule has 15 heteroatoms. The van der Waals surface area contributed by atoms with Crippen LogP contribution >= 0.6 is 22.9 Å². The molecule has 250 valence electrons. The molecule has 0 bridgehead atoms. The maximum atomic E-state index is 14.3. The van der Waals surface area contributed by atoms with E-state index in [-0.39, 0.29) is 36.7 Å². The molecule has 9 nitrogen and oxygen atoms in total. The van der Waals surface area contributed by atoms with Crippen LogP contribution in [0.15, 0.2) is 48.6 Å². The van der Waals surface area contributed by atoms with Gasteiger partial charge in [0.2, 0.25) is 11.8 Å². The van der Waals surface area contributed by atoms with Crippen LogP contribution in [0.2, 0.25) is 5.02 Å². The molecular formula is C32H31ClF4N4O5S. The Labute approximate surface area is 275 Å². The van der Waals surface area contributed by atoms with Gasteiger partial charge in [0, 0.05) is 23.0 Å². The van der Waals surface area contributed by atoms with Crippen LogP contribution in [-0.4, -0.2) is 63.0 Å². The first kappa shape index (κ1) is 33.0. The number of benzene rings is 2. The van der Waals surface area contributed by atoms with Crippen LogP contribution in [0.1, 0.15) is 50.5 Å². The van der Waals surface area contributed by atoms with Gasteiger partial charge in [-0.25, -0.2) is 14.2 Å². The Morgan fingerprint density at radius 3 is 2.74 bits per heavy atom. The highest BCUT2D eigenvalue weighted by Gasteiger charge is 2.61. The number of rotatable bonds is 5. The number of allylic oxidation sites excluding steroid dienone is 1. The first-order valence-electron chi connectivity index (χ1n) is 15.2. The van der Waals surface area contributed by atoms with Gasteiger partial charge in [-0.3, -0.25) is 9.59 Å². The Hall–Kier alpha value is -3.91. The standard InChI is InChI=1S/C32H31ClF4N4O5S/c33-19-8-9-23-26(12-19)47-30(39-23)46-22-14-25-27(42)40-31(29(44)45)15-17(31)6-4-2-1-3-5-7-24(28(43)41(25)16-22)38-21-11-18(32(35,36)37)10-20(34)13-21/h4,6,8-13,17,22,24-25,38H,1-3,5,7,14-16H2,(H,40,42)(H,44,45)/b6-4-/t17-,22-,24+,25+,31-/m1/s1. The van der Waals surface area contributed by atoms with E-state index in [4.69, 9.17) is 16.3 Å². The van der Waals surface area contributed by atoms with E-state index in [9.17, 15) is 37.1 Å². The van der Waals surface area contributed by atoms with Crippen molar-refractivity contribution in [1.82, 2.24) is 15.2 Å². The highest BCUT2D eigenvalue weighted by atomic mass is 35.5. The van der Waals surface area contributed by atoms with E-state index in [2.05, 4.69) is 15.6 Å². The number of amides is 2. The number of thiazole rings is 1. The Morgan fingerprint density at radius 2 is 1.98 bits per heavy atom. The SMILES string of the molecule is O=C1N[C@]2(C(=O)O)C[C@H]2/C=C\CCCCC[C@H](Nc2cc(F)cc(C(F)(F)F)c2)C(=O)N2C[C@H](Oc3nc4ccc(Cl)cc4s3)C[C@@H]12. The van der Waals surface area contributed by atoms with Crippen molar-refractivity contribution in [2.75, 3.05) is 11.9 Å². The van der Waals surface area contributed by atoms with E-state index >= 15 is 0 Å². The molecule has 1 saturated heterocycles. The van der Waals surface area contributed by atoms with Crippen LogP contribution in [-0.2, 0) is 20.6 Å². The number of aliphatic carboxylic acids is 1. The molecule has 3 N–H and O–H groups in total. The molecule has 1 aliphatic carbocycles. The second-order valence-corrected chi connectivity index (χ2v) is 13.6. The molecule has 1 aromatic heterocycles. The van der Waals surface area contributed by atoms with E-state index in [1.165, 1.54) is 16.2 Å². The highest BCUT2D eigenvalue weighted by molar-refractivity contribution is 7.20. The molecule has 3 aliphatic rings. The first-order valence-corrected chi connectivity index (χ1v) is 16.4. The van der Waals surface area contributed by atoms with Gasteiger partial charge in [-0.1, -0.05) is 47.9 Å². The number of carbonyl (C=O) groups excluding carboxylic acids is 2. The molecule has 3 aromatic rings. The second kappa shape index (κ2) is 12.9. The molecule has 3 heterocycles. The number of nitrogens with one attached hydrogen (secondary N) is 2. The number of nitrogens with zero attached hydrogens (tertiary/aromatic N) is 2. The van der Waals surface area contributed by atoms with Crippen molar-refractivity contribution >= 4 is 56.6 Å². The highest BCUT2D eigenvalue weighted by Crippen LogP contribution is 2.45. The average Bonchev–Trinajstić information content (AvgIpc) is 3.32. The van der Waals surface area contributed by atoms with E-state index in [0.29, 0.717) is 35.9 Å². The van der Waals surface area contributed by atoms with Gasteiger partial charge in [0.25, 0.3) is 5.19 Å². The molecule has 2 aliphatic heterocycles. The third kappa shape index (κ3) is 7.18. The van der Waals surface area contributed by atoms with Crippen molar-refractivity contribution in [2.45, 2.75) is 74.8 Å². The van der Waals surface area contributed by atoms with Crippen LogP contribution in [0.3, 0.4) is 0 Å². The minimum atomic E-state index is -4.81. The molecule has 1 saturated carbocycles. The summed E-state index contributed by atoms with van der Waals surface area (Å²) in [6.07, 6.45) is 1.11. The molecule has 2 aromatic carbocycles. The van der Waals surface area contributed by atoms with Crippen LogP contribution in [0.25, 0.3) is 10.2 Å². The topological polar surface area (TPSA) is 121 Å². The van der Waals surface area contributed by atoms with Crippen LogP contribution in [0, 0.1) is 11.7 Å². The molecule has 2 fully saturated rings. The van der Waals surface area contributed by atoms with Gasteiger partial charge < -0.3 is 25.4 Å². The lowest BCUT2D eigenvalue weighted by molar-refractivity contribution is -0.145. The summed E-state index contributed by atoms with van der Waals surface area (Å²) in [6.45, 7) is -0.0772. The van der Waals surface area contributed by atoms with Crippen molar-refractivity contribution in [3.05, 3.63) is 65.0 Å². The zero-order valence-corrected chi connectivity index (χ0v) is 26.4. The Balaban J connectivity index is 1.31. The minimum Gasteiger partial charge on any atom is -0.479 e. The minimum absolute atomic E-state index is 0.00929. The van der Waals surface area contributed by atoms with Gasteiger partial charge in [-0.05, 0) is 62.1 Å². The van der Waals surface area contributed by atoms with Gasteiger partial charge in [0.05, 0.1) is 22.3 Å². The summed E-state index contributed by atoms with van der Waals surface area (Å²) in [5.74, 6) is -4.01. The normalized spacial score (nSPS) is 27.6. The zero-order valence-electron chi connectivity index (χ0n) is 24.9. The van der Waals surface area contributed by atoms with Gasteiger partial charge >= 0.3 is 12.1 Å². The van der Waals surface area contributed by atoms with Crippen molar-refractivity contribution in [3.8, 4) is 5.19 Å². The molecule has 0 unspecified atom stereocenters. The third-order valence-corrected chi connectivity index (χ3v) is 9.93. The van der Waals surface area contributed by atoms with E-state index in [0.717, 1.165) is 23.3 Å². The molecule has 47 heavy (non-hydrogen) atoms. The fourth-order valence-electron chi connectivity index (χ4n) is 6.26. The number of hydrogen-bond acceptors (Lipinski definition) is 7. The number of carboxylic acid groups (broad SMARTS) is 1. The summed E-state index contributed by atoms with van der Waals surface area (Å²) >= 11 is 7.33. The summed E-state index contributed by atoms with van der Waals surface area (Å²) in [4.78, 5) is 46.1. The fraction of sp³-hybridized carbons (Fsp3) is 0.438. The molecule has 0 spiro atoms. The number of alkyl halides is 3. The monoisotopic (exact) mass is 694 g/mol. The van der Waals surface area contributed by atoms with Crippen molar-refractivity contribution in [1.29, 1.82) is 0 Å². The Bertz CT molecular complexity index is 1730. The van der Waals surface area contributed by atoms with Gasteiger partial charge in [0.1, 0.15) is 29.5 Å². The predicted octanol–water partition coefficient (Wildman–Crippen LogP) is 6.42. The molecule has 5 atom stereocenters. The molecule has 2 amide bonds. The Kier molecular flexibility index (Phi) is 9.09. The second-order valence-electron chi connectivity index (χ2n) is 12.1. The predicted molar refractivity (Wildman–Crippen MR) is 167 cm³/mol. The number of carboxylic acids is 1. The summed E-state index contributed by atoms with van der Waals surface area (Å²) in [5, 5.41) is 16.3. The number of anilines is 1. The lowest BCUT2D eigenvalue weighted by Gasteiger charge is -2.30. The number of hydrogen-bond donors (Lipinski definition) is 3. The largest absolute Gasteiger partial charge is 0.479 e. The molecule has 0 radical (unpaired) electrons. The smallest absolute Gasteiger partial charge is 0.416 e. The number of halogens is 5. The van der Waals surface area contributed by atoms with Gasteiger partial charge in [-0.2, -0.15) is 13.2 Å². The maximum absolute atomic E-state index is 14.3. The Morgan fingerprint density at radius 1 is 1.17 bits per heavy atom.